The van der Waals surface area contributed by atoms with Crippen molar-refractivity contribution in [2.75, 3.05) is 0 Å². The van der Waals surface area contributed by atoms with Gasteiger partial charge in [-0.05, 0) is 30.7 Å². The van der Waals surface area contributed by atoms with Crippen LogP contribution in [0.1, 0.15) is 36.8 Å². The number of hydrogen-bond donors (Lipinski definition) is 0. The lowest BCUT2D eigenvalue weighted by Gasteiger charge is -2.19. The molecule has 0 aromatic carbocycles. The van der Waals surface area contributed by atoms with Crippen molar-refractivity contribution in [2.24, 2.45) is 5.10 Å². The number of furan rings is 2. The van der Waals surface area contributed by atoms with E-state index in [1.54, 1.807) is 24.3 Å². The van der Waals surface area contributed by atoms with Crippen molar-refractivity contribution in [2.45, 2.75) is 25.3 Å². The van der Waals surface area contributed by atoms with Crippen LogP contribution in [0, 0.1) is 0 Å². The van der Waals surface area contributed by atoms with Gasteiger partial charge in [-0.3, -0.25) is 4.79 Å². The molecule has 1 atom stereocenters. The summed E-state index contributed by atoms with van der Waals surface area (Å²) >= 11 is 0. The number of hydrogen-bond acceptors (Lipinski definition) is 6. The van der Waals surface area contributed by atoms with Gasteiger partial charge in [0, 0.05) is 18.8 Å². The van der Waals surface area contributed by atoms with Crippen LogP contribution in [0.2, 0.25) is 0 Å². The van der Waals surface area contributed by atoms with Gasteiger partial charge in [-0.2, -0.15) is 5.10 Å². The number of amides is 1. The molecule has 0 unspecified atom stereocenters. The highest BCUT2D eigenvalue weighted by Gasteiger charge is 2.35. The van der Waals surface area contributed by atoms with Crippen molar-refractivity contribution >= 4 is 17.6 Å². The number of carboxylic acids is 1. The second-order valence-corrected chi connectivity index (χ2v) is 4.87. The molecule has 0 aliphatic carbocycles. The van der Waals surface area contributed by atoms with E-state index in [2.05, 4.69) is 5.10 Å². The molecule has 0 spiro atoms. The van der Waals surface area contributed by atoms with Crippen LogP contribution >= 0.6 is 0 Å². The van der Waals surface area contributed by atoms with Gasteiger partial charge in [0.05, 0.1) is 12.5 Å². The smallest absolute Gasteiger partial charge is 0.243 e. The highest BCUT2D eigenvalue weighted by Crippen LogP contribution is 2.33. The zero-order chi connectivity index (χ0) is 15.5. The van der Waals surface area contributed by atoms with E-state index < -0.39 is 17.9 Å². The third-order valence-corrected chi connectivity index (χ3v) is 3.39. The molecule has 1 amide bonds. The van der Waals surface area contributed by atoms with Gasteiger partial charge in [0.15, 0.2) is 0 Å². The summed E-state index contributed by atoms with van der Waals surface area (Å²) in [6.07, 6.45) is 2.97. The Hall–Kier alpha value is -2.83. The van der Waals surface area contributed by atoms with E-state index in [1.165, 1.54) is 17.5 Å². The minimum Gasteiger partial charge on any atom is -0.550 e. The molecule has 0 radical (unpaired) electrons. The minimum atomic E-state index is -1.27. The second kappa shape index (κ2) is 5.88. The number of hydrazone groups is 1. The van der Waals surface area contributed by atoms with Crippen molar-refractivity contribution in [1.82, 2.24) is 5.01 Å². The number of nitrogens with zero attached hydrogens (tertiary/aromatic N) is 2. The Morgan fingerprint density at radius 1 is 1.23 bits per heavy atom. The zero-order valence-corrected chi connectivity index (χ0v) is 11.6. The van der Waals surface area contributed by atoms with Crippen LogP contribution < -0.4 is 5.11 Å². The molecule has 0 fully saturated rings. The first kappa shape index (κ1) is 14.1. The van der Waals surface area contributed by atoms with Gasteiger partial charge in [-0.25, -0.2) is 5.01 Å². The first-order chi connectivity index (χ1) is 10.6. The molecular weight excluding hydrogens is 288 g/mol. The maximum Gasteiger partial charge on any atom is 0.243 e. The molecule has 0 bridgehead atoms. The number of carboxylic acid groups (broad SMARTS) is 1. The maximum atomic E-state index is 12.2. The van der Waals surface area contributed by atoms with Crippen LogP contribution in [0.3, 0.4) is 0 Å². The largest absolute Gasteiger partial charge is 0.550 e. The van der Waals surface area contributed by atoms with Crippen LogP contribution in [0.15, 0.2) is 50.7 Å². The summed E-state index contributed by atoms with van der Waals surface area (Å²) in [5.74, 6) is -0.497. The van der Waals surface area contributed by atoms with Gasteiger partial charge >= 0.3 is 0 Å². The van der Waals surface area contributed by atoms with Gasteiger partial charge in [-0.1, -0.05) is 0 Å². The molecule has 3 rings (SSSR count). The third-order valence-electron chi connectivity index (χ3n) is 3.39. The predicted octanol–water partition coefficient (Wildman–Crippen LogP) is 1.08. The van der Waals surface area contributed by atoms with Crippen molar-refractivity contribution < 1.29 is 23.5 Å². The Bertz CT molecular complexity index is 688. The highest BCUT2D eigenvalue weighted by atomic mass is 16.4. The summed E-state index contributed by atoms with van der Waals surface area (Å²) < 4.78 is 10.7. The highest BCUT2D eigenvalue weighted by molar-refractivity contribution is 6.01. The molecule has 7 nitrogen and oxygen atoms in total. The van der Waals surface area contributed by atoms with Crippen molar-refractivity contribution in [3.8, 4) is 0 Å². The van der Waals surface area contributed by atoms with Gasteiger partial charge in [0.1, 0.15) is 23.3 Å². The summed E-state index contributed by atoms with van der Waals surface area (Å²) in [6, 6.07) is 6.58. The summed E-state index contributed by atoms with van der Waals surface area (Å²) in [7, 11) is 0. The average molecular weight is 301 g/mol. The minimum absolute atomic E-state index is 0.172. The number of rotatable bonds is 5. The molecule has 2 aromatic heterocycles. The second-order valence-electron chi connectivity index (χ2n) is 4.87. The monoisotopic (exact) mass is 301 g/mol. The van der Waals surface area contributed by atoms with E-state index in [9.17, 15) is 14.7 Å². The van der Waals surface area contributed by atoms with Crippen molar-refractivity contribution in [1.29, 1.82) is 0 Å². The van der Waals surface area contributed by atoms with Crippen LogP contribution in [-0.4, -0.2) is 22.6 Å². The Balaban J connectivity index is 1.84. The van der Waals surface area contributed by atoms with Gasteiger partial charge in [0.25, 0.3) is 0 Å². The molecule has 114 valence electrons. The maximum absolute atomic E-state index is 12.2. The molecule has 2 aromatic rings. The number of carbonyl (C=O) groups excluding carboxylic acids is 2. The molecular formula is C15H13N2O5-. The van der Waals surface area contributed by atoms with Gasteiger partial charge in [-0.15, -0.1) is 0 Å². The Labute approximate surface area is 125 Å². The van der Waals surface area contributed by atoms with E-state index >= 15 is 0 Å². The fourth-order valence-electron chi connectivity index (χ4n) is 2.36. The lowest BCUT2D eigenvalue weighted by molar-refractivity contribution is -0.305. The van der Waals surface area contributed by atoms with Gasteiger partial charge < -0.3 is 18.7 Å². The Kier molecular flexibility index (Phi) is 3.78. The van der Waals surface area contributed by atoms with E-state index in [-0.39, 0.29) is 12.8 Å². The van der Waals surface area contributed by atoms with E-state index in [0.717, 1.165) is 0 Å². The Morgan fingerprint density at radius 2 is 2.00 bits per heavy atom. The zero-order valence-electron chi connectivity index (χ0n) is 11.6. The third kappa shape index (κ3) is 2.78. The number of carbonyl (C=O) groups is 2. The molecule has 0 saturated heterocycles. The molecule has 22 heavy (non-hydrogen) atoms. The molecule has 1 aliphatic rings. The first-order valence-electron chi connectivity index (χ1n) is 6.82. The van der Waals surface area contributed by atoms with E-state index in [1.807, 2.05) is 0 Å². The SMILES string of the molecule is O=C([O-])CCC(=O)N1N=C(c2ccco2)C[C@H]1c1ccco1. The van der Waals surface area contributed by atoms with Crippen LogP contribution in [0.25, 0.3) is 0 Å². The van der Waals surface area contributed by atoms with E-state index in [4.69, 9.17) is 8.83 Å². The number of aliphatic carboxylic acids is 1. The van der Waals surface area contributed by atoms with Gasteiger partial charge in [0.2, 0.25) is 5.91 Å². The Morgan fingerprint density at radius 3 is 2.64 bits per heavy atom. The van der Waals surface area contributed by atoms with Crippen LogP contribution in [-0.2, 0) is 9.59 Å². The summed E-state index contributed by atoms with van der Waals surface area (Å²) in [4.78, 5) is 22.8. The van der Waals surface area contributed by atoms with E-state index in [0.29, 0.717) is 23.7 Å². The fourth-order valence-corrected chi connectivity index (χ4v) is 2.36. The van der Waals surface area contributed by atoms with Crippen molar-refractivity contribution in [3.63, 3.8) is 0 Å². The van der Waals surface area contributed by atoms with Crippen molar-refractivity contribution in [3.05, 3.63) is 48.3 Å². The molecule has 0 saturated carbocycles. The average Bonchev–Trinajstić information content (AvgIpc) is 3.23. The lowest BCUT2D eigenvalue weighted by atomic mass is 10.1. The van der Waals surface area contributed by atoms with Crippen LogP contribution in [0.5, 0.6) is 0 Å². The fraction of sp³-hybridized carbons (Fsp3) is 0.267. The van der Waals surface area contributed by atoms with Crippen LogP contribution in [0.4, 0.5) is 0 Å². The quantitative estimate of drug-likeness (QED) is 0.822. The topological polar surface area (TPSA) is 99.1 Å². The first-order valence-corrected chi connectivity index (χ1v) is 6.82. The summed E-state index contributed by atoms with van der Waals surface area (Å²) in [5, 5.41) is 16.1. The predicted molar refractivity (Wildman–Crippen MR) is 72.4 cm³/mol. The molecule has 0 N–H and O–H groups in total. The summed E-state index contributed by atoms with van der Waals surface area (Å²) in [6.45, 7) is 0. The standard InChI is InChI=1S/C15H14N2O5/c18-14(5-6-15(19)20)17-11(13-4-2-8-22-13)9-10(16-17)12-3-1-7-21-12/h1-4,7-8,11H,5-6,9H2,(H,19,20)/p-1/t11-/m0/s1. The normalized spacial score (nSPS) is 17.5. The summed E-state index contributed by atoms with van der Waals surface area (Å²) in [5.41, 5.74) is 0.619. The molecule has 3 heterocycles. The molecule has 7 heteroatoms. The molecule has 1 aliphatic heterocycles. The lowest BCUT2D eigenvalue weighted by Crippen LogP contribution is -2.29.